The maximum atomic E-state index is 14.0. The Labute approximate surface area is 113 Å². The van der Waals surface area contributed by atoms with Crippen LogP contribution >= 0.6 is 23.2 Å². The molecule has 98 valence electrons. The molecule has 1 amide bonds. The Morgan fingerprint density at radius 2 is 2.06 bits per heavy atom. The summed E-state index contributed by atoms with van der Waals surface area (Å²) in [6.07, 6.45) is -1.18. The largest absolute Gasteiger partial charge is 0.465 e. The lowest BCUT2D eigenvalue weighted by Gasteiger charge is -2.29. The molecule has 0 aliphatic heterocycles. The standard InChI is InChI=1S/C11H10Cl2FNO3/c1-11(4-5-16,15-10(17)18)8-6(12)2-3-7(13)9(8)14/h2-3,5,15H,4H2,1H3,(H,17,18). The van der Waals surface area contributed by atoms with Crippen molar-refractivity contribution < 1.29 is 19.1 Å². The molecule has 1 aromatic carbocycles. The van der Waals surface area contributed by atoms with Crippen LogP contribution in [0.1, 0.15) is 18.9 Å². The van der Waals surface area contributed by atoms with Gasteiger partial charge in [0.25, 0.3) is 0 Å². The van der Waals surface area contributed by atoms with Gasteiger partial charge in [-0.05, 0) is 19.1 Å². The van der Waals surface area contributed by atoms with E-state index < -0.39 is 17.4 Å². The van der Waals surface area contributed by atoms with Crippen LogP contribution in [-0.2, 0) is 10.3 Å². The molecule has 18 heavy (non-hydrogen) atoms. The van der Waals surface area contributed by atoms with Crippen molar-refractivity contribution >= 4 is 35.6 Å². The second-order valence-corrected chi connectivity index (χ2v) is 4.67. The van der Waals surface area contributed by atoms with Gasteiger partial charge in [0, 0.05) is 17.0 Å². The number of hydrogen-bond acceptors (Lipinski definition) is 2. The minimum atomic E-state index is -1.47. The first-order valence-corrected chi connectivity index (χ1v) is 5.66. The minimum absolute atomic E-state index is 0.00463. The molecule has 0 heterocycles. The van der Waals surface area contributed by atoms with Gasteiger partial charge < -0.3 is 15.2 Å². The van der Waals surface area contributed by atoms with E-state index >= 15 is 0 Å². The molecule has 1 unspecified atom stereocenters. The quantitative estimate of drug-likeness (QED) is 0.662. The van der Waals surface area contributed by atoms with E-state index in [0.717, 1.165) is 0 Å². The van der Waals surface area contributed by atoms with Crippen LogP contribution in [0, 0.1) is 5.82 Å². The molecule has 4 nitrogen and oxygen atoms in total. The first-order chi connectivity index (χ1) is 8.31. The van der Waals surface area contributed by atoms with Crippen LogP contribution in [-0.4, -0.2) is 17.5 Å². The normalized spacial score (nSPS) is 13.8. The van der Waals surface area contributed by atoms with Crippen molar-refractivity contribution in [2.24, 2.45) is 0 Å². The van der Waals surface area contributed by atoms with E-state index in [2.05, 4.69) is 5.32 Å². The van der Waals surface area contributed by atoms with Gasteiger partial charge in [-0.15, -0.1) is 0 Å². The molecule has 2 N–H and O–H groups in total. The van der Waals surface area contributed by atoms with Gasteiger partial charge in [-0.2, -0.15) is 0 Å². The van der Waals surface area contributed by atoms with Crippen molar-refractivity contribution in [2.75, 3.05) is 0 Å². The summed E-state index contributed by atoms with van der Waals surface area (Å²) in [4.78, 5) is 21.4. The number of carbonyl (C=O) groups excluding carboxylic acids is 1. The summed E-state index contributed by atoms with van der Waals surface area (Å²) in [5.41, 5.74) is -1.62. The summed E-state index contributed by atoms with van der Waals surface area (Å²) < 4.78 is 14.0. The Morgan fingerprint density at radius 3 is 2.56 bits per heavy atom. The molecule has 0 saturated carbocycles. The monoisotopic (exact) mass is 293 g/mol. The number of rotatable bonds is 4. The van der Waals surface area contributed by atoms with Gasteiger partial charge in [0.1, 0.15) is 12.1 Å². The number of carboxylic acid groups (broad SMARTS) is 1. The molecule has 0 aromatic heterocycles. The highest BCUT2D eigenvalue weighted by molar-refractivity contribution is 6.33. The molecule has 1 aromatic rings. The predicted octanol–water partition coefficient (Wildman–Crippen LogP) is 3.20. The molecule has 0 aliphatic carbocycles. The van der Waals surface area contributed by atoms with Crippen molar-refractivity contribution in [2.45, 2.75) is 18.9 Å². The molecule has 0 aliphatic rings. The predicted molar refractivity (Wildman–Crippen MR) is 65.6 cm³/mol. The third-order valence-electron chi connectivity index (χ3n) is 2.47. The van der Waals surface area contributed by atoms with Gasteiger partial charge in [0.15, 0.2) is 0 Å². The molecule has 0 fully saturated rings. The third-order valence-corrected chi connectivity index (χ3v) is 3.08. The fourth-order valence-electron chi connectivity index (χ4n) is 1.65. The number of nitrogens with one attached hydrogen (secondary N) is 1. The third kappa shape index (κ3) is 2.91. The van der Waals surface area contributed by atoms with E-state index in [9.17, 15) is 14.0 Å². The average molecular weight is 294 g/mol. The fourth-order valence-corrected chi connectivity index (χ4v) is 2.16. The van der Waals surface area contributed by atoms with Crippen molar-refractivity contribution in [3.05, 3.63) is 33.6 Å². The van der Waals surface area contributed by atoms with Crippen LogP contribution in [0.3, 0.4) is 0 Å². The second kappa shape index (κ2) is 5.54. The van der Waals surface area contributed by atoms with Gasteiger partial charge in [-0.3, -0.25) is 0 Å². The van der Waals surface area contributed by atoms with Crippen molar-refractivity contribution in [1.82, 2.24) is 5.32 Å². The summed E-state index contributed by atoms with van der Waals surface area (Å²) in [5, 5.41) is 10.6. The average Bonchev–Trinajstić information content (AvgIpc) is 2.23. The van der Waals surface area contributed by atoms with Crippen LogP contribution in [0.25, 0.3) is 0 Å². The smallest absolute Gasteiger partial charge is 0.405 e. The molecule has 0 bridgehead atoms. The summed E-state index contributed by atoms with van der Waals surface area (Å²) in [6.45, 7) is 1.36. The zero-order valence-corrected chi connectivity index (χ0v) is 10.8. The second-order valence-electron chi connectivity index (χ2n) is 3.85. The van der Waals surface area contributed by atoms with E-state index in [4.69, 9.17) is 28.3 Å². The van der Waals surface area contributed by atoms with Crippen molar-refractivity contribution in [1.29, 1.82) is 0 Å². The van der Waals surface area contributed by atoms with Crippen molar-refractivity contribution in [3.63, 3.8) is 0 Å². The van der Waals surface area contributed by atoms with E-state index in [1.54, 1.807) is 0 Å². The van der Waals surface area contributed by atoms with E-state index in [0.29, 0.717) is 6.29 Å². The maximum Gasteiger partial charge on any atom is 0.405 e. The van der Waals surface area contributed by atoms with Crippen molar-refractivity contribution in [3.8, 4) is 0 Å². The lowest BCUT2D eigenvalue weighted by atomic mass is 9.88. The molecule has 1 rings (SSSR count). The number of hydrogen-bond donors (Lipinski definition) is 2. The highest BCUT2D eigenvalue weighted by Gasteiger charge is 2.34. The fraction of sp³-hybridized carbons (Fsp3) is 0.273. The first-order valence-electron chi connectivity index (χ1n) is 4.90. The molecule has 7 heteroatoms. The summed E-state index contributed by atoms with van der Waals surface area (Å²) in [5.74, 6) is -0.845. The Balaban J connectivity index is 3.42. The number of halogens is 3. The number of amides is 1. The van der Waals surface area contributed by atoms with Crippen LogP contribution in [0.2, 0.25) is 10.0 Å². The molecular weight excluding hydrogens is 284 g/mol. The zero-order valence-electron chi connectivity index (χ0n) is 9.34. The van der Waals surface area contributed by atoms with E-state index in [-0.39, 0.29) is 22.0 Å². The Morgan fingerprint density at radius 1 is 1.50 bits per heavy atom. The molecule has 0 radical (unpaired) electrons. The van der Waals surface area contributed by atoms with Gasteiger partial charge in [0.2, 0.25) is 0 Å². The Kier molecular flexibility index (Phi) is 4.53. The molecular formula is C11H10Cl2FNO3. The molecule has 0 saturated heterocycles. The van der Waals surface area contributed by atoms with Crippen LogP contribution < -0.4 is 5.32 Å². The highest BCUT2D eigenvalue weighted by Crippen LogP contribution is 2.35. The first kappa shape index (κ1) is 14.7. The zero-order chi connectivity index (χ0) is 13.9. The van der Waals surface area contributed by atoms with Crippen LogP contribution in [0.15, 0.2) is 12.1 Å². The van der Waals surface area contributed by atoms with Gasteiger partial charge in [-0.1, -0.05) is 23.2 Å². The lowest BCUT2D eigenvalue weighted by molar-refractivity contribution is -0.109. The number of aldehydes is 1. The number of benzene rings is 1. The molecule has 1 atom stereocenters. The number of carbonyl (C=O) groups is 2. The Hall–Kier alpha value is -1.33. The highest BCUT2D eigenvalue weighted by atomic mass is 35.5. The van der Waals surface area contributed by atoms with Gasteiger partial charge in [-0.25, -0.2) is 9.18 Å². The Bertz CT molecular complexity index is 495. The maximum absolute atomic E-state index is 14.0. The minimum Gasteiger partial charge on any atom is -0.465 e. The van der Waals surface area contributed by atoms with Crippen LogP contribution in [0.4, 0.5) is 9.18 Å². The molecule has 0 spiro atoms. The summed E-state index contributed by atoms with van der Waals surface area (Å²) in [7, 11) is 0. The van der Waals surface area contributed by atoms with Gasteiger partial charge >= 0.3 is 6.09 Å². The van der Waals surface area contributed by atoms with Crippen LogP contribution in [0.5, 0.6) is 0 Å². The lowest BCUT2D eigenvalue weighted by Crippen LogP contribution is -2.44. The van der Waals surface area contributed by atoms with E-state index in [1.165, 1.54) is 19.1 Å². The van der Waals surface area contributed by atoms with Gasteiger partial charge in [0.05, 0.1) is 10.6 Å². The van der Waals surface area contributed by atoms with E-state index in [1.807, 2.05) is 0 Å². The SMILES string of the molecule is CC(CC=O)(NC(=O)O)c1c(Cl)ccc(Cl)c1F. The summed E-state index contributed by atoms with van der Waals surface area (Å²) in [6, 6.07) is 2.60. The summed E-state index contributed by atoms with van der Waals surface area (Å²) >= 11 is 11.5. The topological polar surface area (TPSA) is 66.4 Å².